The van der Waals surface area contributed by atoms with Crippen molar-refractivity contribution in [2.45, 2.75) is 43.3 Å². The highest BCUT2D eigenvalue weighted by molar-refractivity contribution is 7.90. The zero-order valence-electron chi connectivity index (χ0n) is 21.7. The number of carboxylic acid groups (broad SMARTS) is 1. The summed E-state index contributed by atoms with van der Waals surface area (Å²) in [6, 6.07) is 15.2. The molecular weight excluding hydrogens is 580 g/mol. The van der Waals surface area contributed by atoms with Crippen molar-refractivity contribution in [2.24, 2.45) is 0 Å². The standard InChI is InChI=1S/C28H30Cl2NO6PS/c1-17(2)38(21-8-5-7-20(32)16-21)11-10-19-13-23(29)26(24(30)14-19)27(33)31-25(28(34)35)15-18-6-4-9-22(12-18)39(3,36)37/h4-9,12-14,16-17,25,32H,10-11,15H2,1-3H3,(H,31,33)(H,34,35). The third-order valence-electron chi connectivity index (χ3n) is 6.12. The van der Waals surface area contributed by atoms with Crippen LogP contribution >= 0.6 is 31.1 Å². The average Bonchev–Trinajstić information content (AvgIpc) is 2.83. The topological polar surface area (TPSA) is 121 Å². The largest absolute Gasteiger partial charge is 0.508 e. The molecule has 0 radical (unpaired) electrons. The van der Waals surface area contributed by atoms with Gasteiger partial charge in [-0.15, -0.1) is 0 Å². The number of rotatable bonds is 11. The van der Waals surface area contributed by atoms with Crippen molar-refractivity contribution >= 4 is 58.1 Å². The number of aliphatic carboxylic acids is 1. The van der Waals surface area contributed by atoms with E-state index in [2.05, 4.69) is 19.2 Å². The molecule has 3 N–H and O–H groups in total. The molecule has 0 aromatic heterocycles. The molecule has 0 bridgehead atoms. The summed E-state index contributed by atoms with van der Waals surface area (Å²) in [4.78, 5) is 25.0. The molecule has 0 aliphatic carbocycles. The molecule has 11 heteroatoms. The van der Waals surface area contributed by atoms with E-state index < -0.39 is 35.7 Å². The third-order valence-corrected chi connectivity index (χ3v) is 10.7. The number of halogens is 2. The molecule has 0 aliphatic heterocycles. The van der Waals surface area contributed by atoms with Crippen LogP contribution in [0.15, 0.2) is 65.6 Å². The highest BCUT2D eigenvalue weighted by atomic mass is 35.5. The first kappa shape index (κ1) is 30.9. The average molecular weight is 610 g/mol. The molecule has 2 unspecified atom stereocenters. The van der Waals surface area contributed by atoms with Gasteiger partial charge in [0.1, 0.15) is 11.8 Å². The highest BCUT2D eigenvalue weighted by Crippen LogP contribution is 2.41. The minimum Gasteiger partial charge on any atom is -0.508 e. The Labute approximate surface area is 239 Å². The summed E-state index contributed by atoms with van der Waals surface area (Å²) < 4.78 is 23.7. The third kappa shape index (κ3) is 8.42. The van der Waals surface area contributed by atoms with Gasteiger partial charge in [-0.3, -0.25) is 4.79 Å². The number of nitrogens with one attached hydrogen (secondary N) is 1. The summed E-state index contributed by atoms with van der Waals surface area (Å²) in [5, 5.41) is 23.3. The summed E-state index contributed by atoms with van der Waals surface area (Å²) in [5.74, 6) is -1.80. The van der Waals surface area contributed by atoms with E-state index in [-0.39, 0.29) is 32.7 Å². The van der Waals surface area contributed by atoms with Crippen molar-refractivity contribution in [3.63, 3.8) is 0 Å². The Morgan fingerprint density at radius 3 is 2.18 bits per heavy atom. The molecule has 0 saturated carbocycles. The van der Waals surface area contributed by atoms with E-state index in [0.717, 1.165) is 23.3 Å². The monoisotopic (exact) mass is 609 g/mol. The van der Waals surface area contributed by atoms with Gasteiger partial charge in [-0.2, -0.15) is 0 Å². The van der Waals surface area contributed by atoms with E-state index in [0.29, 0.717) is 17.6 Å². The van der Waals surface area contributed by atoms with Crippen LogP contribution < -0.4 is 10.6 Å². The molecule has 0 spiro atoms. The van der Waals surface area contributed by atoms with Gasteiger partial charge in [-0.25, -0.2) is 13.2 Å². The van der Waals surface area contributed by atoms with Gasteiger partial charge in [0.2, 0.25) is 0 Å². The number of benzene rings is 3. The highest BCUT2D eigenvalue weighted by Gasteiger charge is 2.25. The Bertz CT molecular complexity index is 1460. The number of phenolic OH excluding ortho intramolecular Hbond substituents is 1. The van der Waals surface area contributed by atoms with E-state index in [4.69, 9.17) is 23.2 Å². The van der Waals surface area contributed by atoms with Gasteiger partial charge < -0.3 is 15.5 Å². The number of aromatic hydroxyl groups is 1. The second kappa shape index (κ2) is 13.1. The van der Waals surface area contributed by atoms with Crippen molar-refractivity contribution in [1.29, 1.82) is 0 Å². The van der Waals surface area contributed by atoms with Crippen LogP contribution in [0.25, 0.3) is 0 Å². The predicted molar refractivity (Wildman–Crippen MR) is 157 cm³/mol. The molecule has 2 atom stereocenters. The maximum absolute atomic E-state index is 13.0. The number of carbonyl (C=O) groups excluding carboxylic acids is 1. The molecule has 3 aromatic carbocycles. The fraction of sp³-hybridized carbons (Fsp3) is 0.286. The predicted octanol–water partition coefficient (Wildman–Crippen LogP) is 5.29. The lowest BCUT2D eigenvalue weighted by Gasteiger charge is -2.22. The van der Waals surface area contributed by atoms with Crippen LogP contribution in [-0.4, -0.2) is 54.6 Å². The van der Waals surface area contributed by atoms with E-state index in [1.165, 1.54) is 18.2 Å². The van der Waals surface area contributed by atoms with Crippen LogP contribution in [0.4, 0.5) is 0 Å². The Balaban J connectivity index is 1.76. The number of hydrogen-bond acceptors (Lipinski definition) is 5. The van der Waals surface area contributed by atoms with E-state index in [1.807, 2.05) is 12.1 Å². The van der Waals surface area contributed by atoms with Crippen LogP contribution in [0.3, 0.4) is 0 Å². The minimum absolute atomic E-state index is 0.0303. The van der Waals surface area contributed by atoms with Gasteiger partial charge in [0.25, 0.3) is 5.91 Å². The van der Waals surface area contributed by atoms with Crippen molar-refractivity contribution in [2.75, 3.05) is 12.4 Å². The van der Waals surface area contributed by atoms with Crippen molar-refractivity contribution < 1.29 is 28.2 Å². The molecule has 208 valence electrons. The van der Waals surface area contributed by atoms with Crippen LogP contribution in [0.2, 0.25) is 10.0 Å². The van der Waals surface area contributed by atoms with Gasteiger partial charge in [-0.1, -0.05) is 69.2 Å². The summed E-state index contributed by atoms with van der Waals surface area (Å²) in [7, 11) is -4.05. The molecule has 7 nitrogen and oxygen atoms in total. The maximum atomic E-state index is 13.0. The number of carboxylic acids is 1. The Morgan fingerprint density at radius 1 is 0.974 bits per heavy atom. The summed E-state index contributed by atoms with van der Waals surface area (Å²) in [6.07, 6.45) is 2.40. The summed E-state index contributed by atoms with van der Waals surface area (Å²) in [6.45, 7) is 4.28. The van der Waals surface area contributed by atoms with E-state index in [9.17, 15) is 28.2 Å². The second-order valence-electron chi connectivity index (χ2n) is 9.48. The first-order valence-electron chi connectivity index (χ1n) is 12.1. The number of hydrogen-bond donors (Lipinski definition) is 3. The molecular formula is C28H30Cl2NO6PS. The number of sulfone groups is 1. The first-order chi connectivity index (χ1) is 18.3. The molecule has 3 aromatic rings. The minimum atomic E-state index is -3.48. The van der Waals surface area contributed by atoms with E-state index >= 15 is 0 Å². The Hall–Kier alpha value is -2.64. The van der Waals surface area contributed by atoms with Gasteiger partial charge in [0, 0.05) is 12.7 Å². The lowest BCUT2D eigenvalue weighted by atomic mass is 10.0. The second-order valence-corrected chi connectivity index (χ2v) is 15.2. The summed E-state index contributed by atoms with van der Waals surface area (Å²) in [5.41, 5.74) is 1.62. The molecule has 3 rings (SSSR count). The maximum Gasteiger partial charge on any atom is 0.326 e. The van der Waals surface area contributed by atoms with Crippen molar-refractivity contribution in [3.05, 3.63) is 87.4 Å². The van der Waals surface area contributed by atoms with Gasteiger partial charge in [-0.05, 0) is 71.1 Å². The van der Waals surface area contributed by atoms with Crippen molar-refractivity contribution in [3.8, 4) is 5.75 Å². The van der Waals surface area contributed by atoms with Gasteiger partial charge in [0.15, 0.2) is 9.84 Å². The lowest BCUT2D eigenvalue weighted by molar-refractivity contribution is -0.139. The molecule has 39 heavy (non-hydrogen) atoms. The first-order valence-corrected chi connectivity index (χ1v) is 16.4. The molecule has 0 fully saturated rings. The summed E-state index contributed by atoms with van der Waals surface area (Å²) >= 11 is 12.9. The normalized spacial score (nSPS) is 13.2. The number of amides is 1. The molecule has 1 amide bonds. The fourth-order valence-electron chi connectivity index (χ4n) is 4.16. The quantitative estimate of drug-likeness (QED) is 0.254. The van der Waals surface area contributed by atoms with Crippen LogP contribution in [0.5, 0.6) is 5.75 Å². The Kier molecular flexibility index (Phi) is 10.4. The zero-order chi connectivity index (χ0) is 28.9. The van der Waals surface area contributed by atoms with Crippen LogP contribution in [0, 0.1) is 0 Å². The lowest BCUT2D eigenvalue weighted by Crippen LogP contribution is -2.42. The zero-order valence-corrected chi connectivity index (χ0v) is 24.9. The molecule has 0 heterocycles. The van der Waals surface area contributed by atoms with Gasteiger partial charge in [0.05, 0.1) is 20.5 Å². The fourth-order valence-corrected chi connectivity index (χ4v) is 8.00. The smallest absolute Gasteiger partial charge is 0.326 e. The van der Waals surface area contributed by atoms with Crippen molar-refractivity contribution in [1.82, 2.24) is 5.32 Å². The van der Waals surface area contributed by atoms with Crippen LogP contribution in [-0.2, 0) is 27.5 Å². The van der Waals surface area contributed by atoms with Gasteiger partial charge >= 0.3 is 5.97 Å². The SMILES string of the molecule is CC(C)P(CCc1cc(Cl)c(C(=O)NC(Cc2cccc(S(C)(=O)=O)c2)C(=O)O)c(Cl)c1)c1cccc(O)c1. The molecule has 0 saturated heterocycles. The van der Waals surface area contributed by atoms with E-state index in [1.54, 1.807) is 30.3 Å². The number of carbonyl (C=O) groups is 2. The molecule has 0 aliphatic rings. The number of phenols is 1. The number of aryl methyl sites for hydroxylation is 1. The van der Waals surface area contributed by atoms with Crippen LogP contribution in [0.1, 0.15) is 35.3 Å². The Morgan fingerprint density at radius 2 is 1.62 bits per heavy atom.